The lowest BCUT2D eigenvalue weighted by Crippen LogP contribution is -2.52. The van der Waals surface area contributed by atoms with Crippen LogP contribution in [-0.4, -0.2) is 43.8 Å². The second kappa shape index (κ2) is 13.3. The Morgan fingerprint density at radius 3 is 2.24 bits per heavy atom. The van der Waals surface area contributed by atoms with Crippen LogP contribution in [0.3, 0.4) is 0 Å². The minimum absolute atomic E-state index is 0.0552. The van der Waals surface area contributed by atoms with E-state index in [-0.39, 0.29) is 23.4 Å². The zero-order chi connectivity index (χ0) is 27.9. The van der Waals surface area contributed by atoms with Crippen molar-refractivity contribution in [1.29, 1.82) is 0 Å². The molecule has 0 aliphatic heterocycles. The van der Waals surface area contributed by atoms with Gasteiger partial charge in [0.1, 0.15) is 12.6 Å². The van der Waals surface area contributed by atoms with E-state index in [0.717, 1.165) is 16.3 Å². The lowest BCUT2D eigenvalue weighted by Gasteiger charge is -2.32. The monoisotopic (exact) mass is 619 g/mol. The maximum absolute atomic E-state index is 13.9. The Balaban J connectivity index is 2.01. The van der Waals surface area contributed by atoms with Crippen LogP contribution in [0.1, 0.15) is 32.8 Å². The molecule has 0 aliphatic carbocycles. The summed E-state index contributed by atoms with van der Waals surface area (Å²) in [7, 11) is -4.10. The van der Waals surface area contributed by atoms with Crippen molar-refractivity contribution in [2.24, 2.45) is 0 Å². The first-order valence-corrected chi connectivity index (χ1v) is 14.8. The number of hydrogen-bond donors (Lipinski definition) is 1. The van der Waals surface area contributed by atoms with Gasteiger partial charge < -0.3 is 10.2 Å². The molecule has 2 unspecified atom stereocenters. The normalized spacial score (nSPS) is 12.9. The second-order valence-electron chi connectivity index (χ2n) is 8.95. The van der Waals surface area contributed by atoms with Crippen LogP contribution in [0.25, 0.3) is 0 Å². The number of sulfonamides is 1. The van der Waals surface area contributed by atoms with E-state index in [9.17, 15) is 18.0 Å². The highest BCUT2D eigenvalue weighted by Gasteiger charge is 2.32. The van der Waals surface area contributed by atoms with Crippen LogP contribution in [0.5, 0.6) is 0 Å². The molecule has 3 rings (SSSR count). The fraction of sp³-hybridized carbons (Fsp3) is 0.286. The summed E-state index contributed by atoms with van der Waals surface area (Å²) >= 11 is 9.42. The molecule has 0 fully saturated rings. The third-order valence-corrected chi connectivity index (χ3v) is 8.67. The highest BCUT2D eigenvalue weighted by atomic mass is 79.9. The predicted octanol–water partition coefficient (Wildman–Crippen LogP) is 5.63. The van der Waals surface area contributed by atoms with E-state index in [2.05, 4.69) is 21.2 Å². The minimum atomic E-state index is -4.10. The Morgan fingerprint density at radius 2 is 1.63 bits per heavy atom. The molecule has 3 aromatic rings. The molecule has 7 nitrogen and oxygen atoms in total. The summed E-state index contributed by atoms with van der Waals surface area (Å²) in [6.45, 7) is 5.08. The molecule has 0 bridgehead atoms. The summed E-state index contributed by atoms with van der Waals surface area (Å²) in [5, 5.41) is 3.46. The average Bonchev–Trinajstić information content (AvgIpc) is 2.91. The van der Waals surface area contributed by atoms with Crippen molar-refractivity contribution in [3.05, 3.63) is 93.9 Å². The number of amides is 2. The standard InChI is InChI=1S/C28H31BrClN3O4S/c1-4-20(2)31-28(35)21(3)32(18-22-13-15-24(30)16-14-22)27(34)19-33(25-10-8-9-23(29)17-25)38(36,37)26-11-6-5-7-12-26/h5-17,20-21H,4,18-19H2,1-3H3,(H,31,35). The highest BCUT2D eigenvalue weighted by molar-refractivity contribution is 9.10. The van der Waals surface area contributed by atoms with Gasteiger partial charge in [-0.05, 0) is 68.3 Å². The zero-order valence-electron chi connectivity index (χ0n) is 21.5. The molecule has 38 heavy (non-hydrogen) atoms. The highest BCUT2D eigenvalue weighted by Crippen LogP contribution is 2.27. The van der Waals surface area contributed by atoms with Crippen molar-refractivity contribution in [1.82, 2.24) is 10.2 Å². The van der Waals surface area contributed by atoms with Gasteiger partial charge in [-0.3, -0.25) is 13.9 Å². The number of halogens is 2. The first kappa shape index (κ1) is 29.7. The summed E-state index contributed by atoms with van der Waals surface area (Å²) in [5.41, 5.74) is 1.07. The number of carbonyl (C=O) groups excluding carboxylic acids is 2. The molecule has 2 amide bonds. The summed E-state index contributed by atoms with van der Waals surface area (Å²) in [6.07, 6.45) is 0.732. The van der Waals surface area contributed by atoms with Crippen LogP contribution < -0.4 is 9.62 Å². The largest absolute Gasteiger partial charge is 0.352 e. The van der Waals surface area contributed by atoms with Crippen LogP contribution in [0.15, 0.2) is 88.2 Å². The van der Waals surface area contributed by atoms with Crippen molar-refractivity contribution >= 4 is 55.1 Å². The van der Waals surface area contributed by atoms with Gasteiger partial charge in [0.05, 0.1) is 10.6 Å². The number of anilines is 1. The third kappa shape index (κ3) is 7.58. The van der Waals surface area contributed by atoms with Gasteiger partial charge in [0.15, 0.2) is 0 Å². The van der Waals surface area contributed by atoms with Crippen molar-refractivity contribution in [2.45, 2.75) is 50.7 Å². The van der Waals surface area contributed by atoms with Crippen LogP contribution in [0.4, 0.5) is 5.69 Å². The smallest absolute Gasteiger partial charge is 0.264 e. The molecular weight excluding hydrogens is 590 g/mol. The summed E-state index contributed by atoms with van der Waals surface area (Å²) in [6, 6.07) is 20.7. The van der Waals surface area contributed by atoms with Crippen molar-refractivity contribution < 1.29 is 18.0 Å². The quantitative estimate of drug-likeness (QED) is 0.301. The van der Waals surface area contributed by atoms with E-state index in [0.29, 0.717) is 15.2 Å². The molecule has 202 valence electrons. The molecule has 0 saturated carbocycles. The van der Waals surface area contributed by atoms with Gasteiger partial charge in [0, 0.05) is 22.1 Å². The number of nitrogens with one attached hydrogen (secondary N) is 1. The maximum Gasteiger partial charge on any atom is 0.264 e. The Hall–Kier alpha value is -2.88. The summed E-state index contributed by atoms with van der Waals surface area (Å²) in [5.74, 6) is -0.840. The Labute approximate surface area is 238 Å². The first-order chi connectivity index (χ1) is 18.0. The summed E-state index contributed by atoms with van der Waals surface area (Å²) in [4.78, 5) is 28.4. The number of rotatable bonds is 11. The molecule has 3 aromatic carbocycles. The molecule has 0 aliphatic rings. The van der Waals surface area contributed by atoms with Crippen LogP contribution in [0, 0.1) is 0 Å². The first-order valence-electron chi connectivity index (χ1n) is 12.2. The Kier molecular flexibility index (Phi) is 10.4. The molecule has 10 heteroatoms. The van der Waals surface area contributed by atoms with E-state index in [1.807, 2.05) is 13.8 Å². The third-order valence-electron chi connectivity index (χ3n) is 6.14. The number of benzene rings is 3. The molecule has 0 spiro atoms. The van der Waals surface area contributed by atoms with E-state index < -0.39 is 28.5 Å². The predicted molar refractivity (Wildman–Crippen MR) is 154 cm³/mol. The zero-order valence-corrected chi connectivity index (χ0v) is 24.6. The second-order valence-corrected chi connectivity index (χ2v) is 12.2. The van der Waals surface area contributed by atoms with Gasteiger partial charge in [-0.25, -0.2) is 8.42 Å². The Bertz CT molecular complexity index is 1350. The minimum Gasteiger partial charge on any atom is -0.352 e. The Morgan fingerprint density at radius 1 is 0.974 bits per heavy atom. The van der Waals surface area contributed by atoms with Gasteiger partial charge in [0.2, 0.25) is 11.8 Å². The molecule has 0 aromatic heterocycles. The SMILES string of the molecule is CCC(C)NC(=O)C(C)N(Cc1ccc(Cl)cc1)C(=O)CN(c1cccc(Br)c1)S(=O)(=O)c1ccccc1. The van der Waals surface area contributed by atoms with Crippen molar-refractivity contribution in [2.75, 3.05) is 10.8 Å². The summed E-state index contributed by atoms with van der Waals surface area (Å²) < 4.78 is 29.2. The number of hydrogen-bond acceptors (Lipinski definition) is 4. The van der Waals surface area contributed by atoms with Gasteiger partial charge >= 0.3 is 0 Å². The van der Waals surface area contributed by atoms with Crippen molar-refractivity contribution in [3.63, 3.8) is 0 Å². The topological polar surface area (TPSA) is 86.8 Å². The van der Waals surface area contributed by atoms with Crippen LogP contribution in [-0.2, 0) is 26.2 Å². The molecule has 1 N–H and O–H groups in total. The average molecular weight is 621 g/mol. The lowest BCUT2D eigenvalue weighted by atomic mass is 10.1. The molecular formula is C28H31BrClN3O4S. The van der Waals surface area contributed by atoms with E-state index >= 15 is 0 Å². The van der Waals surface area contributed by atoms with Gasteiger partial charge in [-0.15, -0.1) is 0 Å². The van der Waals surface area contributed by atoms with Crippen molar-refractivity contribution in [3.8, 4) is 0 Å². The van der Waals surface area contributed by atoms with Gasteiger partial charge in [-0.1, -0.05) is 70.9 Å². The fourth-order valence-electron chi connectivity index (χ4n) is 3.71. The van der Waals surface area contributed by atoms with Gasteiger partial charge in [0.25, 0.3) is 10.0 Å². The van der Waals surface area contributed by atoms with E-state index in [1.165, 1.54) is 17.0 Å². The van der Waals surface area contributed by atoms with Gasteiger partial charge in [-0.2, -0.15) is 0 Å². The number of nitrogens with zero attached hydrogens (tertiary/aromatic N) is 2. The van der Waals surface area contributed by atoms with Crippen LogP contribution in [0.2, 0.25) is 5.02 Å². The molecule has 0 radical (unpaired) electrons. The molecule has 2 atom stereocenters. The lowest BCUT2D eigenvalue weighted by molar-refractivity contribution is -0.139. The maximum atomic E-state index is 13.9. The van der Waals surface area contributed by atoms with Crippen LogP contribution >= 0.6 is 27.5 Å². The molecule has 0 heterocycles. The number of carbonyl (C=O) groups is 2. The van der Waals surface area contributed by atoms with E-state index in [1.54, 1.807) is 73.7 Å². The van der Waals surface area contributed by atoms with E-state index in [4.69, 9.17) is 11.6 Å². The fourth-order valence-corrected chi connectivity index (χ4v) is 5.65. The molecule has 0 saturated heterocycles.